The zero-order valence-electron chi connectivity index (χ0n) is 15.5. The lowest BCUT2D eigenvalue weighted by molar-refractivity contribution is 0.0636. The second-order valence-electron chi connectivity index (χ2n) is 7.10. The molecule has 0 fully saturated rings. The molecule has 0 atom stereocenters. The van der Waals surface area contributed by atoms with E-state index in [1.807, 2.05) is 29.8 Å². The highest BCUT2D eigenvalue weighted by Crippen LogP contribution is 2.30. The number of amides is 1. The van der Waals surface area contributed by atoms with Gasteiger partial charge in [0.15, 0.2) is 0 Å². The molecule has 2 aromatic carbocycles. The quantitative estimate of drug-likeness (QED) is 0.705. The number of hydrogen-bond donors (Lipinski definition) is 1. The maximum atomic E-state index is 12.9. The number of nitrogens with zero attached hydrogens (tertiary/aromatic N) is 1. The summed E-state index contributed by atoms with van der Waals surface area (Å²) in [6, 6.07) is 10.8. The predicted molar refractivity (Wildman–Crippen MR) is 103 cm³/mol. The molecule has 6 nitrogen and oxygen atoms in total. The Bertz CT molecular complexity index is 1060. The summed E-state index contributed by atoms with van der Waals surface area (Å²) in [6.45, 7) is 5.39. The summed E-state index contributed by atoms with van der Waals surface area (Å²) in [5.41, 5.74) is 1.26. The number of carbonyl (C=O) groups excluding carboxylic acids is 1. The molecule has 3 aromatic rings. The summed E-state index contributed by atoms with van der Waals surface area (Å²) in [5, 5.41) is 3.80. The summed E-state index contributed by atoms with van der Waals surface area (Å²) < 4.78 is 12.6. The van der Waals surface area contributed by atoms with E-state index in [0.29, 0.717) is 27.7 Å². The van der Waals surface area contributed by atoms with Crippen molar-refractivity contribution in [2.75, 3.05) is 12.4 Å². The van der Waals surface area contributed by atoms with Crippen LogP contribution in [0.1, 0.15) is 20.8 Å². The molecule has 0 radical (unpaired) electrons. The first-order chi connectivity index (χ1) is 12.2. The fourth-order valence-corrected chi connectivity index (χ4v) is 2.97. The van der Waals surface area contributed by atoms with Crippen LogP contribution in [0.4, 0.5) is 10.5 Å². The van der Waals surface area contributed by atoms with Gasteiger partial charge in [-0.05, 0) is 39.0 Å². The first-order valence-electron chi connectivity index (χ1n) is 8.31. The third-order valence-electron chi connectivity index (χ3n) is 4.05. The Balaban J connectivity index is 2.20. The number of nitrogens with one attached hydrogen (secondary N) is 1. The van der Waals surface area contributed by atoms with Crippen molar-refractivity contribution < 1.29 is 14.3 Å². The van der Waals surface area contributed by atoms with Gasteiger partial charge >= 0.3 is 6.09 Å². The first kappa shape index (κ1) is 17.8. The molecule has 0 saturated heterocycles. The number of rotatable bonds is 2. The van der Waals surface area contributed by atoms with E-state index in [-0.39, 0.29) is 5.43 Å². The highest BCUT2D eigenvalue weighted by Gasteiger charge is 2.18. The normalized spacial score (nSPS) is 11.6. The van der Waals surface area contributed by atoms with Gasteiger partial charge in [0.2, 0.25) is 5.43 Å². The minimum Gasteiger partial charge on any atom is -0.496 e. The number of aryl methyl sites for hydroxylation is 1. The second kappa shape index (κ2) is 6.37. The van der Waals surface area contributed by atoms with Crippen LogP contribution < -0.4 is 15.5 Å². The van der Waals surface area contributed by atoms with E-state index >= 15 is 0 Å². The molecule has 0 aliphatic heterocycles. The van der Waals surface area contributed by atoms with Crippen LogP contribution in [0.2, 0.25) is 0 Å². The molecule has 6 heteroatoms. The van der Waals surface area contributed by atoms with Crippen LogP contribution >= 0.6 is 0 Å². The number of carbonyl (C=O) groups is 1. The van der Waals surface area contributed by atoms with Crippen molar-refractivity contribution in [3.63, 3.8) is 0 Å². The summed E-state index contributed by atoms with van der Waals surface area (Å²) in [7, 11) is 3.38. The van der Waals surface area contributed by atoms with Crippen LogP contribution in [0, 0.1) is 0 Å². The standard InChI is InChI=1S/C20H22N2O4/c1-20(2,3)26-19(24)21-12-10-15-17(16(11-12)25-5)18(23)13-8-6-7-9-14(13)22(15)4/h6-11H,1-5H3,(H,21,24). The Morgan fingerprint density at radius 2 is 1.81 bits per heavy atom. The molecule has 0 bridgehead atoms. The molecule has 136 valence electrons. The van der Waals surface area contributed by atoms with Gasteiger partial charge in [-0.2, -0.15) is 0 Å². The topological polar surface area (TPSA) is 69.6 Å². The van der Waals surface area contributed by atoms with Crippen LogP contribution in [0.5, 0.6) is 5.75 Å². The molecular weight excluding hydrogens is 332 g/mol. The number of pyridine rings is 1. The van der Waals surface area contributed by atoms with E-state index < -0.39 is 11.7 Å². The number of fused-ring (bicyclic) bond motifs is 2. The van der Waals surface area contributed by atoms with Gasteiger partial charge in [-0.15, -0.1) is 0 Å². The van der Waals surface area contributed by atoms with Crippen molar-refractivity contribution in [1.29, 1.82) is 0 Å². The zero-order valence-corrected chi connectivity index (χ0v) is 15.5. The predicted octanol–water partition coefficient (Wildman–Crippen LogP) is 4.05. The smallest absolute Gasteiger partial charge is 0.412 e. The van der Waals surface area contributed by atoms with E-state index in [0.717, 1.165) is 5.52 Å². The van der Waals surface area contributed by atoms with Crippen molar-refractivity contribution in [3.8, 4) is 5.75 Å². The molecule has 0 spiro atoms. The van der Waals surface area contributed by atoms with Crippen molar-refractivity contribution >= 4 is 33.6 Å². The Labute approximate surface area is 151 Å². The van der Waals surface area contributed by atoms with Gasteiger partial charge in [0.05, 0.1) is 23.5 Å². The van der Waals surface area contributed by atoms with Crippen LogP contribution in [0.15, 0.2) is 41.2 Å². The van der Waals surface area contributed by atoms with E-state index in [4.69, 9.17) is 9.47 Å². The molecule has 0 aliphatic carbocycles. The van der Waals surface area contributed by atoms with Gasteiger partial charge in [-0.3, -0.25) is 10.1 Å². The van der Waals surface area contributed by atoms with Crippen LogP contribution in [0.25, 0.3) is 21.8 Å². The highest BCUT2D eigenvalue weighted by atomic mass is 16.6. The lowest BCUT2D eigenvalue weighted by Crippen LogP contribution is -2.27. The Morgan fingerprint density at radius 1 is 1.12 bits per heavy atom. The monoisotopic (exact) mass is 354 g/mol. The van der Waals surface area contributed by atoms with E-state index in [1.54, 1.807) is 39.0 Å². The minimum atomic E-state index is -0.603. The average molecular weight is 354 g/mol. The maximum absolute atomic E-state index is 12.9. The summed E-state index contributed by atoms with van der Waals surface area (Å²) in [6.07, 6.45) is -0.565. The summed E-state index contributed by atoms with van der Waals surface area (Å²) in [4.78, 5) is 25.0. The SMILES string of the molecule is COc1cc(NC(=O)OC(C)(C)C)cc2c1c(=O)c1ccccc1n2C. The number of benzene rings is 2. The summed E-state index contributed by atoms with van der Waals surface area (Å²) >= 11 is 0. The van der Waals surface area contributed by atoms with Crippen molar-refractivity contribution in [2.24, 2.45) is 7.05 Å². The molecule has 0 aliphatic rings. The molecule has 1 heterocycles. The lowest BCUT2D eigenvalue weighted by Gasteiger charge is -2.20. The molecule has 0 unspecified atom stereocenters. The van der Waals surface area contributed by atoms with E-state index in [1.165, 1.54) is 7.11 Å². The molecule has 0 saturated carbocycles. The Morgan fingerprint density at radius 3 is 2.46 bits per heavy atom. The maximum Gasteiger partial charge on any atom is 0.412 e. The highest BCUT2D eigenvalue weighted by molar-refractivity contribution is 5.99. The molecular formula is C20H22N2O4. The molecule has 3 rings (SSSR count). The van der Waals surface area contributed by atoms with Crippen molar-refractivity contribution in [2.45, 2.75) is 26.4 Å². The third kappa shape index (κ3) is 3.22. The number of ether oxygens (including phenoxy) is 2. The third-order valence-corrected chi connectivity index (χ3v) is 4.05. The van der Waals surface area contributed by atoms with Crippen molar-refractivity contribution in [1.82, 2.24) is 4.57 Å². The fourth-order valence-electron chi connectivity index (χ4n) is 2.97. The van der Waals surface area contributed by atoms with Gasteiger partial charge in [0.25, 0.3) is 0 Å². The van der Waals surface area contributed by atoms with Crippen LogP contribution in [-0.2, 0) is 11.8 Å². The van der Waals surface area contributed by atoms with Gasteiger partial charge in [-0.25, -0.2) is 4.79 Å². The van der Waals surface area contributed by atoms with Gasteiger partial charge in [-0.1, -0.05) is 12.1 Å². The minimum absolute atomic E-state index is 0.102. The van der Waals surface area contributed by atoms with Crippen LogP contribution in [-0.4, -0.2) is 23.4 Å². The molecule has 1 amide bonds. The molecule has 1 N–H and O–H groups in total. The Kier molecular flexibility index (Phi) is 4.36. The van der Waals surface area contributed by atoms with E-state index in [9.17, 15) is 9.59 Å². The first-order valence-corrected chi connectivity index (χ1v) is 8.31. The largest absolute Gasteiger partial charge is 0.496 e. The molecule has 1 aromatic heterocycles. The number of hydrogen-bond acceptors (Lipinski definition) is 4. The number of aromatic nitrogens is 1. The fraction of sp³-hybridized carbons (Fsp3) is 0.300. The van der Waals surface area contributed by atoms with Gasteiger partial charge in [0, 0.05) is 24.2 Å². The van der Waals surface area contributed by atoms with Crippen molar-refractivity contribution in [3.05, 3.63) is 46.6 Å². The van der Waals surface area contributed by atoms with Crippen LogP contribution in [0.3, 0.4) is 0 Å². The number of para-hydroxylation sites is 1. The van der Waals surface area contributed by atoms with Gasteiger partial charge < -0.3 is 14.0 Å². The second-order valence-corrected chi connectivity index (χ2v) is 7.10. The average Bonchev–Trinajstić information content (AvgIpc) is 2.57. The molecule has 26 heavy (non-hydrogen) atoms. The number of methoxy groups -OCH3 is 1. The summed E-state index contributed by atoms with van der Waals surface area (Å²) in [5.74, 6) is 0.403. The van der Waals surface area contributed by atoms with E-state index in [2.05, 4.69) is 5.32 Å². The lowest BCUT2D eigenvalue weighted by atomic mass is 10.1. The zero-order chi connectivity index (χ0) is 19.1. The number of anilines is 1. The Hall–Kier alpha value is -3.02. The van der Waals surface area contributed by atoms with Gasteiger partial charge in [0.1, 0.15) is 11.4 Å².